The Morgan fingerprint density at radius 2 is 2.12 bits per heavy atom. The van der Waals surface area contributed by atoms with Gasteiger partial charge < -0.3 is 5.32 Å². The smallest absolute Gasteiger partial charge is 0.156 e. The SMILES string of the molecule is CC(C)C(C)(C)CNC1=NCC(C2CC2)S1. The summed E-state index contributed by atoms with van der Waals surface area (Å²) in [6.45, 7) is 11.3. The van der Waals surface area contributed by atoms with E-state index < -0.39 is 0 Å². The third-order valence-electron chi connectivity index (χ3n) is 4.08. The molecule has 0 aromatic rings. The van der Waals surface area contributed by atoms with Crippen molar-refractivity contribution in [1.82, 2.24) is 5.32 Å². The van der Waals surface area contributed by atoms with Crippen molar-refractivity contribution in [3.63, 3.8) is 0 Å². The molecule has 0 amide bonds. The zero-order chi connectivity index (χ0) is 11.8. The van der Waals surface area contributed by atoms with Crippen LogP contribution in [0.25, 0.3) is 0 Å². The van der Waals surface area contributed by atoms with Crippen molar-refractivity contribution in [2.75, 3.05) is 13.1 Å². The molecule has 1 saturated carbocycles. The van der Waals surface area contributed by atoms with E-state index in [1.165, 1.54) is 18.0 Å². The first-order chi connectivity index (χ1) is 7.49. The van der Waals surface area contributed by atoms with E-state index in [4.69, 9.17) is 0 Å². The van der Waals surface area contributed by atoms with Crippen LogP contribution in [-0.4, -0.2) is 23.5 Å². The Morgan fingerprint density at radius 1 is 1.44 bits per heavy atom. The Hall–Kier alpha value is -0.180. The van der Waals surface area contributed by atoms with Crippen LogP contribution >= 0.6 is 11.8 Å². The van der Waals surface area contributed by atoms with E-state index in [0.29, 0.717) is 11.3 Å². The van der Waals surface area contributed by atoms with Crippen molar-refractivity contribution in [3.8, 4) is 0 Å². The third kappa shape index (κ3) is 2.93. The molecule has 1 aliphatic heterocycles. The molecular weight excluding hydrogens is 216 g/mol. The lowest BCUT2D eigenvalue weighted by Crippen LogP contribution is -2.35. The second-order valence-electron chi connectivity index (χ2n) is 6.14. The van der Waals surface area contributed by atoms with Crippen molar-refractivity contribution < 1.29 is 0 Å². The molecule has 1 N–H and O–H groups in total. The summed E-state index contributed by atoms with van der Waals surface area (Å²) in [5.74, 6) is 1.66. The van der Waals surface area contributed by atoms with Crippen LogP contribution in [0.15, 0.2) is 4.99 Å². The van der Waals surface area contributed by atoms with Crippen LogP contribution < -0.4 is 5.32 Å². The Balaban J connectivity index is 1.74. The monoisotopic (exact) mass is 240 g/mol. The number of nitrogens with one attached hydrogen (secondary N) is 1. The fourth-order valence-corrected chi connectivity index (χ4v) is 2.91. The molecule has 2 aliphatic rings. The van der Waals surface area contributed by atoms with Gasteiger partial charge in [0.25, 0.3) is 0 Å². The van der Waals surface area contributed by atoms with Gasteiger partial charge in [0, 0.05) is 11.8 Å². The summed E-state index contributed by atoms with van der Waals surface area (Å²) >= 11 is 1.97. The van der Waals surface area contributed by atoms with E-state index in [9.17, 15) is 0 Å². The number of hydrogen-bond donors (Lipinski definition) is 1. The molecule has 1 aliphatic carbocycles. The van der Waals surface area contributed by atoms with E-state index in [-0.39, 0.29) is 0 Å². The number of amidine groups is 1. The predicted octanol–water partition coefficient (Wildman–Crippen LogP) is 3.14. The van der Waals surface area contributed by atoms with E-state index >= 15 is 0 Å². The molecule has 0 bridgehead atoms. The van der Waals surface area contributed by atoms with Gasteiger partial charge in [-0.05, 0) is 30.1 Å². The molecular formula is C13H24N2S. The Kier molecular flexibility index (Phi) is 3.53. The number of rotatable bonds is 4. The molecule has 0 saturated heterocycles. The molecule has 0 radical (unpaired) electrons. The zero-order valence-electron chi connectivity index (χ0n) is 10.9. The second kappa shape index (κ2) is 4.59. The van der Waals surface area contributed by atoms with Gasteiger partial charge in [-0.15, -0.1) is 0 Å². The Bertz CT molecular complexity index is 280. The minimum Gasteiger partial charge on any atom is -0.364 e. The predicted molar refractivity (Wildman–Crippen MR) is 73.0 cm³/mol. The van der Waals surface area contributed by atoms with Gasteiger partial charge in [0.05, 0.1) is 6.54 Å². The summed E-state index contributed by atoms with van der Waals surface area (Å²) in [5, 5.41) is 5.50. The van der Waals surface area contributed by atoms with Crippen LogP contribution in [0.2, 0.25) is 0 Å². The minimum absolute atomic E-state index is 0.348. The Morgan fingerprint density at radius 3 is 2.69 bits per heavy atom. The van der Waals surface area contributed by atoms with Crippen LogP contribution in [-0.2, 0) is 0 Å². The molecule has 92 valence electrons. The number of hydrogen-bond acceptors (Lipinski definition) is 3. The van der Waals surface area contributed by atoms with E-state index in [0.717, 1.165) is 24.3 Å². The molecule has 0 aromatic carbocycles. The zero-order valence-corrected chi connectivity index (χ0v) is 11.7. The van der Waals surface area contributed by atoms with Gasteiger partial charge in [-0.1, -0.05) is 39.5 Å². The highest BCUT2D eigenvalue weighted by atomic mass is 32.2. The highest BCUT2D eigenvalue weighted by Gasteiger charge is 2.35. The van der Waals surface area contributed by atoms with Gasteiger partial charge >= 0.3 is 0 Å². The van der Waals surface area contributed by atoms with Gasteiger partial charge in [0.15, 0.2) is 5.17 Å². The summed E-state index contributed by atoms with van der Waals surface area (Å²) in [6.07, 6.45) is 2.86. The molecule has 0 aromatic heterocycles. The van der Waals surface area contributed by atoms with E-state index in [1.807, 2.05) is 11.8 Å². The first-order valence-electron chi connectivity index (χ1n) is 6.44. The maximum Gasteiger partial charge on any atom is 0.156 e. The summed E-state index contributed by atoms with van der Waals surface area (Å²) in [7, 11) is 0. The Labute approximate surface area is 104 Å². The van der Waals surface area contributed by atoms with Crippen molar-refractivity contribution in [3.05, 3.63) is 0 Å². The molecule has 0 spiro atoms. The topological polar surface area (TPSA) is 24.4 Å². The number of thioether (sulfide) groups is 1. The summed E-state index contributed by atoms with van der Waals surface area (Å²) in [4.78, 5) is 4.61. The van der Waals surface area contributed by atoms with Crippen LogP contribution in [0.1, 0.15) is 40.5 Å². The molecule has 1 atom stereocenters. The lowest BCUT2D eigenvalue weighted by Gasteiger charge is -2.29. The maximum absolute atomic E-state index is 4.61. The first-order valence-corrected chi connectivity index (χ1v) is 7.32. The van der Waals surface area contributed by atoms with Crippen molar-refractivity contribution in [1.29, 1.82) is 0 Å². The van der Waals surface area contributed by atoms with Crippen molar-refractivity contribution in [2.24, 2.45) is 22.2 Å². The van der Waals surface area contributed by atoms with Gasteiger partial charge in [-0.2, -0.15) is 0 Å². The first kappa shape index (κ1) is 12.3. The van der Waals surface area contributed by atoms with E-state index in [1.54, 1.807) is 0 Å². The minimum atomic E-state index is 0.348. The lowest BCUT2D eigenvalue weighted by atomic mass is 9.81. The molecule has 16 heavy (non-hydrogen) atoms. The summed E-state index contributed by atoms with van der Waals surface area (Å²) < 4.78 is 0. The van der Waals surface area contributed by atoms with E-state index in [2.05, 4.69) is 38.0 Å². The van der Waals surface area contributed by atoms with Crippen molar-refractivity contribution >= 4 is 16.9 Å². The molecule has 1 fully saturated rings. The fourth-order valence-electron chi connectivity index (χ4n) is 1.71. The van der Waals surface area contributed by atoms with Gasteiger partial charge in [0.2, 0.25) is 0 Å². The average molecular weight is 240 g/mol. The molecule has 1 unspecified atom stereocenters. The molecule has 2 rings (SSSR count). The molecule has 3 heteroatoms. The van der Waals surface area contributed by atoms with Crippen molar-refractivity contribution in [2.45, 2.75) is 45.8 Å². The standard InChI is InChI=1S/C13H24N2S/c1-9(2)13(3,4)8-15-12-14-7-11(16-12)10-5-6-10/h9-11H,5-8H2,1-4H3,(H,14,15). The highest BCUT2D eigenvalue weighted by molar-refractivity contribution is 8.14. The van der Waals surface area contributed by atoms with Gasteiger partial charge in [-0.25, -0.2) is 0 Å². The quantitative estimate of drug-likeness (QED) is 0.816. The van der Waals surface area contributed by atoms with Crippen LogP contribution in [0, 0.1) is 17.3 Å². The fraction of sp³-hybridized carbons (Fsp3) is 0.923. The van der Waals surface area contributed by atoms with Crippen LogP contribution in [0.3, 0.4) is 0 Å². The molecule has 1 heterocycles. The summed E-state index contributed by atoms with van der Waals surface area (Å²) in [5.41, 5.74) is 0.348. The number of aliphatic imine (C=N–C) groups is 1. The second-order valence-corrected chi connectivity index (χ2v) is 7.36. The normalized spacial score (nSPS) is 26.1. The highest BCUT2D eigenvalue weighted by Crippen LogP contribution is 2.41. The lowest BCUT2D eigenvalue weighted by molar-refractivity contribution is 0.251. The van der Waals surface area contributed by atoms with Crippen LogP contribution in [0.5, 0.6) is 0 Å². The summed E-state index contributed by atoms with van der Waals surface area (Å²) in [6, 6.07) is 0. The molecule has 2 nitrogen and oxygen atoms in total. The van der Waals surface area contributed by atoms with Crippen LogP contribution in [0.4, 0.5) is 0 Å². The van der Waals surface area contributed by atoms with Gasteiger partial charge in [-0.3, -0.25) is 4.99 Å². The third-order valence-corrected chi connectivity index (χ3v) is 5.42. The number of nitrogens with zero attached hydrogens (tertiary/aromatic N) is 1. The maximum atomic E-state index is 4.61. The van der Waals surface area contributed by atoms with Gasteiger partial charge in [0.1, 0.15) is 0 Å². The average Bonchev–Trinajstić information content (AvgIpc) is 2.95. The largest absolute Gasteiger partial charge is 0.364 e.